The molecule has 1 rings (SSSR count). The van der Waals surface area contributed by atoms with E-state index in [1.165, 1.54) is 0 Å². The maximum absolute atomic E-state index is 5.73. The Morgan fingerprint density at radius 3 is 2.39 bits per heavy atom. The summed E-state index contributed by atoms with van der Waals surface area (Å²) in [6.07, 6.45) is 0.563. The molecule has 0 saturated heterocycles. The predicted molar refractivity (Wildman–Crippen MR) is 76.0 cm³/mol. The molecule has 0 fully saturated rings. The van der Waals surface area contributed by atoms with Crippen LogP contribution in [0, 0.1) is 6.92 Å². The standard InChI is InChI=1S/C14H21BrO3/c1-4-16-14(17-5-2)8-9-18-13-7-6-12(15)10-11(13)3/h6-7,10,14H,4-5,8-9H2,1-3H3. The lowest BCUT2D eigenvalue weighted by molar-refractivity contribution is -0.142. The van der Waals surface area contributed by atoms with Crippen molar-refractivity contribution in [1.82, 2.24) is 0 Å². The minimum absolute atomic E-state index is 0.171. The van der Waals surface area contributed by atoms with E-state index in [1.54, 1.807) is 0 Å². The van der Waals surface area contributed by atoms with E-state index < -0.39 is 0 Å². The zero-order chi connectivity index (χ0) is 13.4. The van der Waals surface area contributed by atoms with Crippen LogP contribution < -0.4 is 4.74 Å². The van der Waals surface area contributed by atoms with Crippen molar-refractivity contribution < 1.29 is 14.2 Å². The molecule has 102 valence electrons. The molecule has 4 heteroatoms. The highest BCUT2D eigenvalue weighted by molar-refractivity contribution is 9.10. The van der Waals surface area contributed by atoms with Crippen molar-refractivity contribution in [2.24, 2.45) is 0 Å². The van der Waals surface area contributed by atoms with E-state index in [4.69, 9.17) is 14.2 Å². The van der Waals surface area contributed by atoms with E-state index in [0.29, 0.717) is 19.8 Å². The summed E-state index contributed by atoms with van der Waals surface area (Å²) in [5.74, 6) is 0.907. The number of rotatable bonds is 8. The molecule has 0 aliphatic carbocycles. The van der Waals surface area contributed by atoms with Crippen molar-refractivity contribution in [3.63, 3.8) is 0 Å². The molecule has 0 saturated carbocycles. The minimum Gasteiger partial charge on any atom is -0.493 e. The van der Waals surface area contributed by atoms with Gasteiger partial charge in [0.2, 0.25) is 0 Å². The zero-order valence-electron chi connectivity index (χ0n) is 11.2. The van der Waals surface area contributed by atoms with Crippen LogP contribution in [0.2, 0.25) is 0 Å². The van der Waals surface area contributed by atoms with E-state index in [9.17, 15) is 0 Å². The van der Waals surface area contributed by atoms with Gasteiger partial charge in [-0.2, -0.15) is 0 Å². The summed E-state index contributed by atoms with van der Waals surface area (Å²) in [6, 6.07) is 5.98. The summed E-state index contributed by atoms with van der Waals surface area (Å²) in [6.45, 7) is 7.86. The van der Waals surface area contributed by atoms with Crippen LogP contribution in [0.5, 0.6) is 5.75 Å². The Hall–Kier alpha value is -0.580. The second-order valence-corrected chi connectivity index (χ2v) is 4.80. The smallest absolute Gasteiger partial charge is 0.160 e. The highest BCUT2D eigenvalue weighted by Crippen LogP contribution is 2.22. The number of hydrogen-bond donors (Lipinski definition) is 0. The molecular formula is C14H21BrO3. The summed E-state index contributed by atoms with van der Waals surface area (Å²) < 4.78 is 17.7. The van der Waals surface area contributed by atoms with E-state index in [2.05, 4.69) is 15.9 Å². The van der Waals surface area contributed by atoms with Gasteiger partial charge in [-0.1, -0.05) is 15.9 Å². The summed E-state index contributed by atoms with van der Waals surface area (Å²) in [7, 11) is 0. The van der Waals surface area contributed by atoms with Crippen LogP contribution in [0.25, 0.3) is 0 Å². The van der Waals surface area contributed by atoms with Gasteiger partial charge in [-0.3, -0.25) is 0 Å². The Morgan fingerprint density at radius 1 is 1.17 bits per heavy atom. The Kier molecular flexibility index (Phi) is 7.32. The highest BCUT2D eigenvalue weighted by atomic mass is 79.9. The van der Waals surface area contributed by atoms with Crippen molar-refractivity contribution in [1.29, 1.82) is 0 Å². The fraction of sp³-hybridized carbons (Fsp3) is 0.571. The van der Waals surface area contributed by atoms with E-state index in [1.807, 2.05) is 39.0 Å². The molecular weight excluding hydrogens is 296 g/mol. The topological polar surface area (TPSA) is 27.7 Å². The maximum atomic E-state index is 5.73. The van der Waals surface area contributed by atoms with E-state index in [0.717, 1.165) is 22.2 Å². The molecule has 0 atom stereocenters. The zero-order valence-corrected chi connectivity index (χ0v) is 12.8. The Morgan fingerprint density at radius 2 is 1.83 bits per heavy atom. The first-order chi connectivity index (χ1) is 8.67. The molecule has 18 heavy (non-hydrogen) atoms. The number of aryl methyl sites for hydroxylation is 1. The van der Waals surface area contributed by atoms with Gasteiger partial charge in [0.05, 0.1) is 6.61 Å². The Bertz CT molecular complexity index is 349. The fourth-order valence-corrected chi connectivity index (χ4v) is 2.10. The molecule has 0 N–H and O–H groups in total. The number of benzene rings is 1. The lowest BCUT2D eigenvalue weighted by Crippen LogP contribution is -2.20. The molecule has 0 aromatic heterocycles. The van der Waals surface area contributed by atoms with Gasteiger partial charge in [-0.25, -0.2) is 0 Å². The largest absolute Gasteiger partial charge is 0.493 e. The quantitative estimate of drug-likeness (QED) is 0.680. The van der Waals surface area contributed by atoms with Crippen LogP contribution in [0.4, 0.5) is 0 Å². The number of hydrogen-bond acceptors (Lipinski definition) is 3. The average Bonchev–Trinajstić information content (AvgIpc) is 2.32. The molecule has 0 aliphatic heterocycles. The first-order valence-electron chi connectivity index (χ1n) is 6.29. The second kappa shape index (κ2) is 8.51. The molecule has 0 aliphatic rings. The molecule has 0 heterocycles. The first kappa shape index (κ1) is 15.5. The van der Waals surface area contributed by atoms with Crippen LogP contribution in [-0.2, 0) is 9.47 Å². The minimum atomic E-state index is -0.171. The Labute approximate surface area is 118 Å². The van der Waals surface area contributed by atoms with Crippen LogP contribution in [0.15, 0.2) is 22.7 Å². The molecule has 0 amide bonds. The van der Waals surface area contributed by atoms with Gasteiger partial charge in [-0.15, -0.1) is 0 Å². The van der Waals surface area contributed by atoms with Crippen LogP contribution in [-0.4, -0.2) is 26.1 Å². The van der Waals surface area contributed by atoms with Gasteiger partial charge in [0.1, 0.15) is 5.75 Å². The lowest BCUT2D eigenvalue weighted by Gasteiger charge is -2.17. The van der Waals surface area contributed by atoms with Crippen molar-refractivity contribution in [2.75, 3.05) is 19.8 Å². The van der Waals surface area contributed by atoms with Gasteiger partial charge < -0.3 is 14.2 Å². The Balaban J connectivity index is 2.39. The van der Waals surface area contributed by atoms with Gasteiger partial charge in [0, 0.05) is 24.1 Å². The maximum Gasteiger partial charge on any atom is 0.160 e. The molecule has 0 unspecified atom stereocenters. The SMILES string of the molecule is CCOC(CCOc1ccc(Br)cc1C)OCC. The van der Waals surface area contributed by atoms with Gasteiger partial charge in [-0.05, 0) is 44.5 Å². The van der Waals surface area contributed by atoms with Crippen LogP contribution in [0.1, 0.15) is 25.8 Å². The summed E-state index contributed by atoms with van der Waals surface area (Å²) in [5.41, 5.74) is 1.12. The van der Waals surface area contributed by atoms with Crippen molar-refractivity contribution >= 4 is 15.9 Å². The van der Waals surface area contributed by atoms with Crippen molar-refractivity contribution in [2.45, 2.75) is 33.5 Å². The van der Waals surface area contributed by atoms with E-state index in [-0.39, 0.29) is 6.29 Å². The third-order valence-electron chi connectivity index (χ3n) is 2.45. The molecule has 0 bridgehead atoms. The summed E-state index contributed by atoms with van der Waals surface area (Å²) >= 11 is 3.43. The number of ether oxygens (including phenoxy) is 3. The fourth-order valence-electron chi connectivity index (χ4n) is 1.63. The monoisotopic (exact) mass is 316 g/mol. The van der Waals surface area contributed by atoms with Gasteiger partial charge in [0.15, 0.2) is 6.29 Å². The lowest BCUT2D eigenvalue weighted by atomic mass is 10.2. The molecule has 0 radical (unpaired) electrons. The normalized spacial score (nSPS) is 10.9. The molecule has 3 nitrogen and oxygen atoms in total. The number of halogens is 1. The predicted octanol–water partition coefficient (Wildman–Crippen LogP) is 3.93. The molecule has 1 aromatic carbocycles. The van der Waals surface area contributed by atoms with Gasteiger partial charge >= 0.3 is 0 Å². The van der Waals surface area contributed by atoms with Gasteiger partial charge in [0.25, 0.3) is 0 Å². The molecule has 1 aromatic rings. The summed E-state index contributed by atoms with van der Waals surface area (Å²) in [5, 5.41) is 0. The van der Waals surface area contributed by atoms with Crippen LogP contribution >= 0.6 is 15.9 Å². The summed E-state index contributed by atoms with van der Waals surface area (Å²) in [4.78, 5) is 0. The third kappa shape index (κ3) is 5.38. The highest BCUT2D eigenvalue weighted by Gasteiger charge is 2.08. The first-order valence-corrected chi connectivity index (χ1v) is 7.08. The average molecular weight is 317 g/mol. The van der Waals surface area contributed by atoms with E-state index >= 15 is 0 Å². The van der Waals surface area contributed by atoms with Crippen molar-refractivity contribution in [3.8, 4) is 5.75 Å². The van der Waals surface area contributed by atoms with Crippen molar-refractivity contribution in [3.05, 3.63) is 28.2 Å². The second-order valence-electron chi connectivity index (χ2n) is 3.89. The third-order valence-corrected chi connectivity index (χ3v) is 2.95. The molecule has 0 spiro atoms. The van der Waals surface area contributed by atoms with Crippen LogP contribution in [0.3, 0.4) is 0 Å².